The fourth-order valence-electron chi connectivity index (χ4n) is 2.44. The molecule has 1 fully saturated rings. The molecule has 5 nitrogen and oxygen atoms in total. The van der Waals surface area contributed by atoms with E-state index in [-0.39, 0.29) is 0 Å². The van der Waals surface area contributed by atoms with Crippen molar-refractivity contribution in [2.45, 2.75) is 38.4 Å². The Morgan fingerprint density at radius 1 is 1.43 bits per heavy atom. The molecule has 0 bridgehead atoms. The number of benzene rings is 1. The lowest BCUT2D eigenvalue weighted by Crippen LogP contribution is -2.39. The van der Waals surface area contributed by atoms with Gasteiger partial charge in [0.25, 0.3) is 0 Å². The minimum atomic E-state index is -0.801. The molecule has 1 aliphatic rings. The lowest BCUT2D eigenvalue weighted by molar-refractivity contribution is -0.143. The van der Waals surface area contributed by atoms with Gasteiger partial charge in [0.2, 0.25) is 0 Å². The molecule has 1 heterocycles. The maximum Gasteiger partial charge on any atom is 0.320 e. The molecular formula is C16H18N2O3. The van der Waals surface area contributed by atoms with Crippen LogP contribution in [0.5, 0.6) is 0 Å². The molecule has 0 amide bonds. The highest BCUT2D eigenvalue weighted by molar-refractivity contribution is 5.73. The van der Waals surface area contributed by atoms with Crippen LogP contribution >= 0.6 is 0 Å². The summed E-state index contributed by atoms with van der Waals surface area (Å²) in [6.45, 7) is 2.20. The summed E-state index contributed by atoms with van der Waals surface area (Å²) in [7, 11) is 0. The first-order chi connectivity index (χ1) is 10.1. The molecule has 0 aliphatic heterocycles. The molecule has 1 aromatic heterocycles. The van der Waals surface area contributed by atoms with E-state index in [2.05, 4.69) is 5.16 Å². The Labute approximate surface area is 123 Å². The molecule has 21 heavy (non-hydrogen) atoms. The first kappa shape index (κ1) is 13.8. The van der Waals surface area contributed by atoms with Crippen molar-refractivity contribution >= 4 is 5.97 Å². The third kappa shape index (κ3) is 3.13. The second-order valence-electron chi connectivity index (χ2n) is 5.46. The molecule has 0 radical (unpaired) electrons. The Balaban J connectivity index is 1.75. The maximum absolute atomic E-state index is 11.2. The van der Waals surface area contributed by atoms with Gasteiger partial charge in [0.15, 0.2) is 5.76 Å². The normalized spacial score (nSPS) is 16.1. The first-order valence-corrected chi connectivity index (χ1v) is 7.14. The first-order valence-electron chi connectivity index (χ1n) is 7.14. The third-order valence-electron chi connectivity index (χ3n) is 3.84. The predicted molar refractivity (Wildman–Crippen MR) is 77.6 cm³/mol. The van der Waals surface area contributed by atoms with Gasteiger partial charge in [-0.2, -0.15) is 0 Å². The van der Waals surface area contributed by atoms with Gasteiger partial charge in [-0.25, -0.2) is 0 Å². The van der Waals surface area contributed by atoms with E-state index in [0.29, 0.717) is 18.3 Å². The fraction of sp³-hybridized carbons (Fsp3) is 0.375. The monoisotopic (exact) mass is 286 g/mol. The molecular weight excluding hydrogens is 268 g/mol. The minimum absolute atomic E-state index is 0.348. The molecule has 0 spiro atoms. The fourth-order valence-corrected chi connectivity index (χ4v) is 2.44. The molecule has 1 unspecified atom stereocenters. The van der Waals surface area contributed by atoms with Crippen molar-refractivity contribution in [1.82, 2.24) is 10.1 Å². The predicted octanol–water partition coefficient (Wildman–Crippen LogP) is 2.78. The number of carboxylic acid groups (broad SMARTS) is 1. The van der Waals surface area contributed by atoms with Gasteiger partial charge in [-0.15, -0.1) is 0 Å². The van der Waals surface area contributed by atoms with Crippen LogP contribution in [0.1, 0.15) is 25.5 Å². The number of carbonyl (C=O) groups is 1. The maximum atomic E-state index is 11.2. The number of hydrogen-bond acceptors (Lipinski definition) is 4. The molecule has 1 N–H and O–H groups in total. The molecule has 110 valence electrons. The average Bonchev–Trinajstić information content (AvgIpc) is 3.23. The minimum Gasteiger partial charge on any atom is -0.480 e. The second-order valence-corrected chi connectivity index (χ2v) is 5.46. The Morgan fingerprint density at radius 2 is 2.14 bits per heavy atom. The Bertz CT molecular complexity index is 619. The van der Waals surface area contributed by atoms with Crippen molar-refractivity contribution in [3.8, 4) is 11.3 Å². The summed E-state index contributed by atoms with van der Waals surface area (Å²) >= 11 is 0. The van der Waals surface area contributed by atoms with E-state index in [1.165, 1.54) is 0 Å². The smallest absolute Gasteiger partial charge is 0.320 e. The molecule has 1 aromatic carbocycles. The standard InChI is InChI=1S/C16H18N2O3/c1-11(16(19)20)18(13-7-8-13)10-14-9-15(17-21-14)12-5-3-2-4-6-12/h2-6,9,11,13H,7-8,10H2,1H3,(H,19,20). The van der Waals surface area contributed by atoms with Crippen molar-refractivity contribution in [1.29, 1.82) is 0 Å². The number of carboxylic acids is 1. The lowest BCUT2D eigenvalue weighted by Gasteiger charge is -2.24. The zero-order valence-electron chi connectivity index (χ0n) is 11.9. The van der Waals surface area contributed by atoms with E-state index < -0.39 is 12.0 Å². The van der Waals surface area contributed by atoms with Gasteiger partial charge in [-0.3, -0.25) is 9.69 Å². The Kier molecular flexibility index (Phi) is 3.75. The summed E-state index contributed by atoms with van der Waals surface area (Å²) in [6.07, 6.45) is 2.11. The van der Waals surface area contributed by atoms with Crippen molar-refractivity contribution in [2.75, 3.05) is 0 Å². The van der Waals surface area contributed by atoms with Crippen LogP contribution < -0.4 is 0 Å². The van der Waals surface area contributed by atoms with Crippen LogP contribution in [0.15, 0.2) is 40.9 Å². The molecule has 1 saturated carbocycles. The zero-order chi connectivity index (χ0) is 14.8. The Hall–Kier alpha value is -2.14. The van der Waals surface area contributed by atoms with E-state index >= 15 is 0 Å². The highest BCUT2D eigenvalue weighted by Crippen LogP contribution is 2.31. The van der Waals surface area contributed by atoms with Crippen molar-refractivity contribution in [3.05, 3.63) is 42.2 Å². The molecule has 2 aromatic rings. The topological polar surface area (TPSA) is 66.6 Å². The van der Waals surface area contributed by atoms with Crippen LogP contribution in [-0.4, -0.2) is 33.2 Å². The molecule has 0 saturated heterocycles. The van der Waals surface area contributed by atoms with Crippen LogP contribution in [-0.2, 0) is 11.3 Å². The second kappa shape index (κ2) is 5.69. The molecule has 5 heteroatoms. The lowest BCUT2D eigenvalue weighted by atomic mass is 10.1. The molecule has 1 aliphatic carbocycles. The van der Waals surface area contributed by atoms with Gasteiger partial charge in [-0.05, 0) is 19.8 Å². The average molecular weight is 286 g/mol. The molecule has 1 atom stereocenters. The highest BCUT2D eigenvalue weighted by atomic mass is 16.5. The van der Waals surface area contributed by atoms with Crippen LogP contribution in [0.3, 0.4) is 0 Å². The van der Waals surface area contributed by atoms with Crippen molar-refractivity contribution in [2.24, 2.45) is 0 Å². The van der Waals surface area contributed by atoms with Crippen molar-refractivity contribution < 1.29 is 14.4 Å². The summed E-state index contributed by atoms with van der Waals surface area (Å²) in [4.78, 5) is 13.2. The summed E-state index contributed by atoms with van der Waals surface area (Å²) in [5.74, 6) is -0.0986. The van der Waals surface area contributed by atoms with Gasteiger partial charge >= 0.3 is 5.97 Å². The van der Waals surface area contributed by atoms with Crippen LogP contribution in [0.2, 0.25) is 0 Å². The van der Waals surface area contributed by atoms with Gasteiger partial charge < -0.3 is 9.63 Å². The Morgan fingerprint density at radius 3 is 2.76 bits per heavy atom. The van der Waals surface area contributed by atoms with E-state index in [4.69, 9.17) is 4.52 Å². The van der Waals surface area contributed by atoms with Crippen LogP contribution in [0.25, 0.3) is 11.3 Å². The van der Waals surface area contributed by atoms with Gasteiger partial charge in [0.05, 0.1) is 6.54 Å². The quantitative estimate of drug-likeness (QED) is 0.884. The zero-order valence-corrected chi connectivity index (χ0v) is 11.9. The highest BCUT2D eigenvalue weighted by Gasteiger charge is 2.35. The van der Waals surface area contributed by atoms with Gasteiger partial charge in [0.1, 0.15) is 11.7 Å². The summed E-state index contributed by atoms with van der Waals surface area (Å²) in [6, 6.07) is 11.5. The summed E-state index contributed by atoms with van der Waals surface area (Å²) < 4.78 is 5.37. The SMILES string of the molecule is CC(C(=O)O)N(Cc1cc(-c2ccccc2)no1)C1CC1. The van der Waals surface area contributed by atoms with Gasteiger partial charge in [0, 0.05) is 17.7 Å². The van der Waals surface area contributed by atoms with E-state index in [1.54, 1.807) is 6.92 Å². The van der Waals surface area contributed by atoms with Crippen LogP contribution in [0.4, 0.5) is 0 Å². The largest absolute Gasteiger partial charge is 0.480 e. The third-order valence-corrected chi connectivity index (χ3v) is 3.84. The number of rotatable bonds is 6. The summed E-state index contributed by atoms with van der Waals surface area (Å²) in [5, 5.41) is 13.3. The molecule has 3 rings (SSSR count). The van der Waals surface area contributed by atoms with Gasteiger partial charge in [-0.1, -0.05) is 35.5 Å². The number of nitrogens with zero attached hydrogens (tertiary/aromatic N) is 2. The van der Waals surface area contributed by atoms with E-state index in [1.807, 2.05) is 41.3 Å². The number of aromatic nitrogens is 1. The number of hydrogen-bond donors (Lipinski definition) is 1. The van der Waals surface area contributed by atoms with E-state index in [9.17, 15) is 9.90 Å². The van der Waals surface area contributed by atoms with Crippen LogP contribution in [0, 0.1) is 0 Å². The van der Waals surface area contributed by atoms with E-state index in [0.717, 1.165) is 24.1 Å². The van der Waals surface area contributed by atoms with Crippen molar-refractivity contribution in [3.63, 3.8) is 0 Å². The summed E-state index contributed by atoms with van der Waals surface area (Å²) in [5.41, 5.74) is 1.78. The number of aliphatic carboxylic acids is 1.